The number of ether oxygens (including phenoxy) is 1. The zero-order chi connectivity index (χ0) is 18.0. The molecule has 0 radical (unpaired) electrons. The molecule has 0 aliphatic carbocycles. The van der Waals surface area contributed by atoms with E-state index < -0.39 is 48.2 Å². The van der Waals surface area contributed by atoms with Gasteiger partial charge in [0.1, 0.15) is 0 Å². The average Bonchev–Trinajstić information content (AvgIpc) is 2.45. The van der Waals surface area contributed by atoms with Gasteiger partial charge in [-0.1, -0.05) is 0 Å². The second-order valence-corrected chi connectivity index (χ2v) is 4.70. The highest BCUT2D eigenvalue weighted by molar-refractivity contribution is 5.14. The zero-order valence-corrected chi connectivity index (χ0v) is 10.2. The van der Waals surface area contributed by atoms with E-state index in [0.717, 1.165) is 0 Å². The van der Waals surface area contributed by atoms with Gasteiger partial charge in [0.2, 0.25) is 5.41 Å². The summed E-state index contributed by atoms with van der Waals surface area (Å²) in [6, 6.07) is 0. The summed E-state index contributed by atoms with van der Waals surface area (Å²) in [5.74, 6) is -14.6. The van der Waals surface area contributed by atoms with Crippen molar-refractivity contribution in [3.05, 3.63) is 0 Å². The Kier molecular flexibility index (Phi) is 3.98. The van der Waals surface area contributed by atoms with Gasteiger partial charge in [-0.3, -0.25) is 0 Å². The molecule has 2 unspecified atom stereocenters. The minimum atomic E-state index is -7.35. The van der Waals surface area contributed by atoms with Crippen LogP contribution in [-0.4, -0.2) is 36.4 Å². The SMILES string of the molecule is CC1CC(C(F)(F)F)(C(F)(F)C(F)(F)C(F)(F)F)C(F)(F)O1. The first-order valence-corrected chi connectivity index (χ1v) is 5.30. The van der Waals surface area contributed by atoms with Gasteiger partial charge < -0.3 is 4.74 Å². The second-order valence-electron chi connectivity index (χ2n) is 4.70. The molecule has 0 saturated carbocycles. The third-order valence-electron chi connectivity index (χ3n) is 3.21. The molecule has 132 valence electrons. The van der Waals surface area contributed by atoms with Crippen LogP contribution in [0.5, 0.6) is 0 Å². The van der Waals surface area contributed by atoms with Crippen molar-refractivity contribution in [2.75, 3.05) is 0 Å². The molecule has 0 amide bonds. The van der Waals surface area contributed by atoms with Crippen molar-refractivity contribution in [1.82, 2.24) is 0 Å². The molecule has 0 N–H and O–H groups in total. The fourth-order valence-corrected chi connectivity index (χ4v) is 2.16. The molecular formula is C9H6F12O. The molecule has 1 fully saturated rings. The van der Waals surface area contributed by atoms with Crippen molar-refractivity contribution >= 4 is 0 Å². The molecule has 13 heteroatoms. The van der Waals surface area contributed by atoms with E-state index in [-0.39, 0.29) is 0 Å². The van der Waals surface area contributed by atoms with Gasteiger partial charge in [0.25, 0.3) is 0 Å². The summed E-state index contributed by atoms with van der Waals surface area (Å²) >= 11 is 0. The van der Waals surface area contributed by atoms with Crippen LogP contribution in [0, 0.1) is 5.41 Å². The summed E-state index contributed by atoms with van der Waals surface area (Å²) in [5, 5.41) is 0. The summed E-state index contributed by atoms with van der Waals surface area (Å²) in [4.78, 5) is 0. The fourth-order valence-electron chi connectivity index (χ4n) is 2.16. The molecule has 1 rings (SSSR count). The van der Waals surface area contributed by atoms with Crippen LogP contribution in [0.2, 0.25) is 0 Å². The Hall–Kier alpha value is -0.880. The van der Waals surface area contributed by atoms with Gasteiger partial charge in [-0.25, -0.2) is 0 Å². The van der Waals surface area contributed by atoms with Gasteiger partial charge in [0.15, 0.2) is 0 Å². The molecule has 1 heterocycles. The summed E-state index contributed by atoms with van der Waals surface area (Å²) < 4.78 is 157. The molecular weight excluding hydrogens is 352 g/mol. The molecule has 0 spiro atoms. The Morgan fingerprint density at radius 1 is 0.864 bits per heavy atom. The Morgan fingerprint density at radius 3 is 1.50 bits per heavy atom. The summed E-state index contributed by atoms with van der Waals surface area (Å²) in [6.45, 7) is 0.406. The van der Waals surface area contributed by atoms with Gasteiger partial charge in [0.05, 0.1) is 6.10 Å². The number of rotatable bonds is 2. The highest BCUT2D eigenvalue weighted by Crippen LogP contribution is 2.69. The first-order valence-electron chi connectivity index (χ1n) is 5.30. The van der Waals surface area contributed by atoms with Gasteiger partial charge in [0, 0.05) is 6.42 Å². The highest BCUT2D eigenvalue weighted by Gasteiger charge is 2.93. The van der Waals surface area contributed by atoms with Crippen LogP contribution in [0.4, 0.5) is 52.7 Å². The van der Waals surface area contributed by atoms with E-state index in [1.807, 2.05) is 0 Å². The quantitative estimate of drug-likeness (QED) is 0.647. The zero-order valence-electron chi connectivity index (χ0n) is 10.2. The minimum Gasteiger partial charge on any atom is -0.316 e. The van der Waals surface area contributed by atoms with Crippen LogP contribution in [0.3, 0.4) is 0 Å². The molecule has 1 aliphatic heterocycles. The lowest BCUT2D eigenvalue weighted by Crippen LogP contribution is -2.69. The number of hydrogen-bond donors (Lipinski definition) is 0. The molecule has 22 heavy (non-hydrogen) atoms. The van der Waals surface area contributed by atoms with E-state index >= 15 is 0 Å². The monoisotopic (exact) mass is 358 g/mol. The first kappa shape index (κ1) is 19.2. The topological polar surface area (TPSA) is 9.23 Å². The third-order valence-corrected chi connectivity index (χ3v) is 3.21. The van der Waals surface area contributed by atoms with Gasteiger partial charge >= 0.3 is 30.3 Å². The molecule has 1 nitrogen and oxygen atoms in total. The molecule has 1 saturated heterocycles. The molecule has 0 aromatic rings. The second kappa shape index (κ2) is 4.57. The standard InChI is InChI=1S/C9H6F12O/c1-3-2-4(7(14,15)16,9(20,21)22-3)5(10,11)6(12,13)8(17,18)19/h3H,2H2,1H3. The maximum atomic E-state index is 13.5. The summed E-state index contributed by atoms with van der Waals surface area (Å²) in [6.07, 6.45) is -24.8. The number of alkyl halides is 12. The fraction of sp³-hybridized carbons (Fsp3) is 1.00. The highest BCUT2D eigenvalue weighted by atomic mass is 19.4. The van der Waals surface area contributed by atoms with Crippen molar-refractivity contribution in [1.29, 1.82) is 0 Å². The predicted molar refractivity (Wildman–Crippen MR) is 44.5 cm³/mol. The van der Waals surface area contributed by atoms with Crippen LogP contribution in [0.1, 0.15) is 13.3 Å². The molecule has 0 aromatic heterocycles. The Labute approximate surface area is 114 Å². The van der Waals surface area contributed by atoms with Crippen LogP contribution in [0.25, 0.3) is 0 Å². The lowest BCUT2D eigenvalue weighted by atomic mass is 9.73. The minimum absolute atomic E-state index is 0.406. The first-order chi connectivity index (χ1) is 9.35. The number of halogens is 12. The maximum absolute atomic E-state index is 13.5. The molecule has 1 aliphatic rings. The lowest BCUT2D eigenvalue weighted by molar-refractivity contribution is -0.458. The van der Waals surface area contributed by atoms with Crippen LogP contribution in [0.15, 0.2) is 0 Å². The normalized spacial score (nSPS) is 30.7. The molecule has 2 atom stereocenters. The van der Waals surface area contributed by atoms with Crippen molar-refractivity contribution in [3.63, 3.8) is 0 Å². The van der Waals surface area contributed by atoms with E-state index in [1.54, 1.807) is 0 Å². The number of hydrogen-bond acceptors (Lipinski definition) is 1. The van der Waals surface area contributed by atoms with Gasteiger partial charge in [-0.05, 0) is 6.92 Å². The predicted octanol–water partition coefficient (Wildman–Crippen LogP) is 4.77. The molecule has 0 bridgehead atoms. The van der Waals surface area contributed by atoms with Crippen LogP contribution in [-0.2, 0) is 4.74 Å². The van der Waals surface area contributed by atoms with Gasteiger partial charge in [-0.15, -0.1) is 0 Å². The van der Waals surface area contributed by atoms with Crippen molar-refractivity contribution in [2.45, 2.75) is 49.8 Å². The Morgan fingerprint density at radius 2 is 1.27 bits per heavy atom. The van der Waals surface area contributed by atoms with Crippen molar-refractivity contribution in [2.24, 2.45) is 5.41 Å². The Balaban J connectivity index is 3.69. The van der Waals surface area contributed by atoms with E-state index in [4.69, 9.17) is 0 Å². The van der Waals surface area contributed by atoms with Crippen LogP contribution >= 0.6 is 0 Å². The Bertz CT molecular complexity index is 435. The maximum Gasteiger partial charge on any atom is 0.459 e. The third kappa shape index (κ3) is 2.14. The largest absolute Gasteiger partial charge is 0.459 e. The van der Waals surface area contributed by atoms with Gasteiger partial charge in [-0.2, -0.15) is 52.7 Å². The summed E-state index contributed by atoms with van der Waals surface area (Å²) in [5.41, 5.74) is -6.02. The van der Waals surface area contributed by atoms with Crippen LogP contribution < -0.4 is 0 Å². The smallest absolute Gasteiger partial charge is 0.316 e. The van der Waals surface area contributed by atoms with E-state index in [9.17, 15) is 52.7 Å². The average molecular weight is 358 g/mol. The lowest BCUT2D eigenvalue weighted by Gasteiger charge is -2.43. The molecule has 0 aromatic carbocycles. The van der Waals surface area contributed by atoms with E-state index in [0.29, 0.717) is 6.92 Å². The van der Waals surface area contributed by atoms with E-state index in [2.05, 4.69) is 4.74 Å². The summed E-state index contributed by atoms with van der Waals surface area (Å²) in [7, 11) is 0. The van der Waals surface area contributed by atoms with Crippen molar-refractivity contribution < 1.29 is 57.4 Å². The van der Waals surface area contributed by atoms with Crippen molar-refractivity contribution in [3.8, 4) is 0 Å². The van der Waals surface area contributed by atoms with E-state index in [1.165, 1.54) is 0 Å².